The maximum atomic E-state index is 9.43. The Labute approximate surface area is 87.5 Å². The van der Waals surface area contributed by atoms with Crippen molar-refractivity contribution >= 4 is 11.8 Å². The summed E-state index contributed by atoms with van der Waals surface area (Å²) in [5.41, 5.74) is 0. The molecule has 0 spiro atoms. The van der Waals surface area contributed by atoms with E-state index < -0.39 is 0 Å². The molecule has 0 unspecified atom stereocenters. The van der Waals surface area contributed by atoms with Crippen LogP contribution in [0.2, 0.25) is 0 Å². The minimum atomic E-state index is 0.204. The summed E-state index contributed by atoms with van der Waals surface area (Å²) in [5, 5.41) is 13.1. The zero-order valence-electron chi connectivity index (χ0n) is 7.77. The summed E-state index contributed by atoms with van der Waals surface area (Å²) >= 11 is 1.85. The summed E-state index contributed by atoms with van der Waals surface area (Å²) in [7, 11) is 0. The van der Waals surface area contributed by atoms with Crippen molar-refractivity contribution in [3.8, 4) is 11.5 Å². The third-order valence-electron chi connectivity index (χ3n) is 2.05. The minimum Gasteiger partial charge on any atom is -0.504 e. The van der Waals surface area contributed by atoms with E-state index in [1.165, 1.54) is 0 Å². The highest BCUT2D eigenvalue weighted by Crippen LogP contribution is 2.25. The molecule has 2 rings (SSSR count). The molecule has 4 heteroatoms. The van der Waals surface area contributed by atoms with E-state index in [1.54, 1.807) is 18.2 Å². The van der Waals surface area contributed by atoms with E-state index >= 15 is 0 Å². The number of para-hydroxylation sites is 2. The average molecular weight is 211 g/mol. The van der Waals surface area contributed by atoms with Crippen LogP contribution in [0.4, 0.5) is 0 Å². The molecule has 1 aromatic rings. The zero-order valence-corrected chi connectivity index (χ0v) is 8.59. The quantitative estimate of drug-likeness (QED) is 0.793. The number of thioether (sulfide) groups is 1. The molecule has 0 radical (unpaired) electrons. The smallest absolute Gasteiger partial charge is 0.161 e. The van der Waals surface area contributed by atoms with E-state index in [0.29, 0.717) is 17.7 Å². The second kappa shape index (κ2) is 4.57. The molecular weight excluding hydrogens is 198 g/mol. The summed E-state index contributed by atoms with van der Waals surface area (Å²) in [6.07, 6.45) is 0. The van der Waals surface area contributed by atoms with Gasteiger partial charge in [-0.3, -0.25) is 0 Å². The summed E-state index contributed by atoms with van der Waals surface area (Å²) in [6.45, 7) is 1.64. The van der Waals surface area contributed by atoms with Crippen LogP contribution in [0.3, 0.4) is 0 Å². The molecule has 76 valence electrons. The van der Waals surface area contributed by atoms with Gasteiger partial charge in [-0.25, -0.2) is 0 Å². The van der Waals surface area contributed by atoms with Gasteiger partial charge < -0.3 is 15.2 Å². The van der Waals surface area contributed by atoms with Crippen molar-refractivity contribution in [2.24, 2.45) is 0 Å². The molecule has 1 aromatic carbocycles. The second-order valence-corrected chi connectivity index (χ2v) is 4.40. The van der Waals surface area contributed by atoms with Gasteiger partial charge in [-0.15, -0.1) is 11.8 Å². The van der Waals surface area contributed by atoms with Crippen molar-refractivity contribution in [3.05, 3.63) is 24.3 Å². The number of hydrogen-bond acceptors (Lipinski definition) is 4. The molecule has 1 atom stereocenters. The Hall–Kier alpha value is -0.870. The fraction of sp³-hybridized carbons (Fsp3) is 0.400. The molecule has 0 saturated carbocycles. The normalized spacial score (nSPS) is 21.0. The van der Waals surface area contributed by atoms with Crippen molar-refractivity contribution in [3.63, 3.8) is 0 Å². The van der Waals surface area contributed by atoms with Crippen LogP contribution in [0.25, 0.3) is 0 Å². The highest BCUT2D eigenvalue weighted by molar-refractivity contribution is 8.00. The molecule has 1 fully saturated rings. The topological polar surface area (TPSA) is 41.5 Å². The van der Waals surface area contributed by atoms with Crippen LogP contribution in [0, 0.1) is 0 Å². The number of aromatic hydroxyl groups is 1. The molecule has 1 saturated heterocycles. The summed E-state index contributed by atoms with van der Waals surface area (Å²) in [4.78, 5) is 0. The molecule has 0 bridgehead atoms. The molecule has 1 aliphatic rings. The van der Waals surface area contributed by atoms with Crippen LogP contribution in [0.15, 0.2) is 24.3 Å². The Morgan fingerprint density at radius 3 is 3.07 bits per heavy atom. The molecular formula is C10H13NO2S. The Bertz CT molecular complexity index is 300. The molecule has 14 heavy (non-hydrogen) atoms. The van der Waals surface area contributed by atoms with Crippen molar-refractivity contribution in [1.82, 2.24) is 5.32 Å². The Balaban J connectivity index is 1.88. The van der Waals surface area contributed by atoms with Crippen LogP contribution in [0.5, 0.6) is 11.5 Å². The van der Waals surface area contributed by atoms with Gasteiger partial charge in [0.1, 0.15) is 6.61 Å². The van der Waals surface area contributed by atoms with Crippen molar-refractivity contribution in [1.29, 1.82) is 0 Å². The van der Waals surface area contributed by atoms with Crippen LogP contribution in [-0.2, 0) is 0 Å². The second-order valence-electron chi connectivity index (χ2n) is 3.09. The minimum absolute atomic E-state index is 0.204. The first-order chi connectivity index (χ1) is 6.86. The molecule has 0 aromatic heterocycles. The monoisotopic (exact) mass is 211 g/mol. The SMILES string of the molecule is Oc1ccccc1OC[C@@H]1NCCS1. The first kappa shape index (κ1) is 9.68. The fourth-order valence-electron chi connectivity index (χ4n) is 1.33. The maximum absolute atomic E-state index is 9.43. The molecule has 3 nitrogen and oxygen atoms in total. The number of phenols is 1. The standard InChI is InChI=1S/C10H13NO2S/c12-8-3-1-2-4-9(8)13-7-10-11-5-6-14-10/h1-4,10-12H,5-7H2/t10-/m1/s1. The average Bonchev–Trinajstić information content (AvgIpc) is 2.69. The van der Waals surface area contributed by atoms with Crippen LogP contribution in [0.1, 0.15) is 0 Å². The number of hydrogen-bond donors (Lipinski definition) is 2. The molecule has 1 aliphatic heterocycles. The maximum Gasteiger partial charge on any atom is 0.161 e. The third kappa shape index (κ3) is 2.33. The summed E-state index contributed by atoms with van der Waals surface area (Å²) in [5.74, 6) is 1.90. The van der Waals surface area contributed by atoms with E-state index in [0.717, 1.165) is 12.3 Å². The van der Waals surface area contributed by atoms with Gasteiger partial charge in [0.2, 0.25) is 0 Å². The predicted octanol–water partition coefficient (Wildman–Crippen LogP) is 1.43. The van der Waals surface area contributed by atoms with Gasteiger partial charge in [0.15, 0.2) is 11.5 Å². The van der Waals surface area contributed by atoms with Gasteiger partial charge in [-0.05, 0) is 12.1 Å². The third-order valence-corrected chi connectivity index (χ3v) is 3.19. The van der Waals surface area contributed by atoms with E-state index in [2.05, 4.69) is 5.32 Å². The van der Waals surface area contributed by atoms with Crippen molar-refractivity contribution in [2.75, 3.05) is 18.9 Å². The number of ether oxygens (including phenoxy) is 1. The molecule has 1 heterocycles. The zero-order chi connectivity index (χ0) is 9.80. The van der Waals surface area contributed by atoms with Gasteiger partial charge in [0.05, 0.1) is 5.37 Å². The Kier molecular flexibility index (Phi) is 3.16. The van der Waals surface area contributed by atoms with Crippen molar-refractivity contribution in [2.45, 2.75) is 5.37 Å². The largest absolute Gasteiger partial charge is 0.504 e. The van der Waals surface area contributed by atoms with Gasteiger partial charge in [-0.1, -0.05) is 12.1 Å². The first-order valence-corrected chi connectivity index (χ1v) is 5.67. The van der Waals surface area contributed by atoms with Gasteiger partial charge >= 0.3 is 0 Å². The van der Waals surface area contributed by atoms with Crippen molar-refractivity contribution < 1.29 is 9.84 Å². The van der Waals surface area contributed by atoms with Crippen LogP contribution >= 0.6 is 11.8 Å². The van der Waals surface area contributed by atoms with Crippen LogP contribution in [-0.4, -0.2) is 29.4 Å². The fourth-order valence-corrected chi connectivity index (χ4v) is 2.25. The lowest BCUT2D eigenvalue weighted by molar-refractivity contribution is 0.291. The predicted molar refractivity (Wildman–Crippen MR) is 57.9 cm³/mol. The number of benzene rings is 1. The first-order valence-electron chi connectivity index (χ1n) is 4.62. The van der Waals surface area contributed by atoms with Gasteiger partial charge in [-0.2, -0.15) is 0 Å². The van der Waals surface area contributed by atoms with Gasteiger partial charge in [0, 0.05) is 12.3 Å². The number of nitrogens with one attached hydrogen (secondary N) is 1. The van der Waals surface area contributed by atoms with E-state index in [-0.39, 0.29) is 5.75 Å². The van der Waals surface area contributed by atoms with E-state index in [9.17, 15) is 5.11 Å². The Morgan fingerprint density at radius 1 is 1.50 bits per heavy atom. The molecule has 0 amide bonds. The molecule has 2 N–H and O–H groups in total. The number of phenolic OH excluding ortho intramolecular Hbond substituents is 1. The van der Waals surface area contributed by atoms with Gasteiger partial charge in [0.25, 0.3) is 0 Å². The lowest BCUT2D eigenvalue weighted by atomic mass is 10.3. The molecule has 0 aliphatic carbocycles. The lowest BCUT2D eigenvalue weighted by Crippen LogP contribution is -2.26. The number of rotatable bonds is 3. The highest BCUT2D eigenvalue weighted by Gasteiger charge is 2.15. The van der Waals surface area contributed by atoms with Crippen LogP contribution < -0.4 is 10.1 Å². The lowest BCUT2D eigenvalue weighted by Gasteiger charge is -2.12. The van der Waals surface area contributed by atoms with E-state index in [1.807, 2.05) is 17.8 Å². The highest BCUT2D eigenvalue weighted by atomic mass is 32.2. The Morgan fingerprint density at radius 2 is 2.36 bits per heavy atom. The summed E-state index contributed by atoms with van der Waals surface area (Å²) in [6, 6.07) is 7.04. The van der Waals surface area contributed by atoms with E-state index in [4.69, 9.17) is 4.74 Å². The summed E-state index contributed by atoms with van der Waals surface area (Å²) < 4.78 is 5.49.